The summed E-state index contributed by atoms with van der Waals surface area (Å²) in [5, 5.41) is 13.8. The van der Waals surface area contributed by atoms with E-state index in [0.29, 0.717) is 11.2 Å². The third-order valence-electron chi connectivity index (χ3n) is 4.59. The Morgan fingerprint density at radius 2 is 1.92 bits per heavy atom. The third kappa shape index (κ3) is 2.00. The molecule has 0 saturated carbocycles. The maximum Gasteiger partial charge on any atom is 0.141 e. The molecule has 5 rings (SSSR count). The van der Waals surface area contributed by atoms with E-state index in [4.69, 9.17) is 0 Å². The largest absolute Gasteiger partial charge is 0.508 e. The molecule has 0 fully saturated rings. The van der Waals surface area contributed by atoms with Gasteiger partial charge in [-0.05, 0) is 12.1 Å². The fourth-order valence-electron chi connectivity index (χ4n) is 3.46. The highest BCUT2D eigenvalue weighted by Crippen LogP contribution is 2.43. The molecule has 2 aromatic heterocycles. The molecular formula is C19H13FN4O. The van der Waals surface area contributed by atoms with E-state index in [1.54, 1.807) is 6.07 Å². The van der Waals surface area contributed by atoms with Gasteiger partial charge in [0, 0.05) is 34.6 Å². The number of nitrogens with zero attached hydrogens (tertiary/aromatic N) is 2. The van der Waals surface area contributed by atoms with Gasteiger partial charge in [0.05, 0.1) is 17.1 Å². The van der Waals surface area contributed by atoms with Crippen molar-refractivity contribution in [3.8, 4) is 17.0 Å². The normalized spacial score (nSPS) is 15.5. The van der Waals surface area contributed by atoms with Gasteiger partial charge in [0.1, 0.15) is 23.5 Å². The molecule has 1 unspecified atom stereocenters. The van der Waals surface area contributed by atoms with Crippen molar-refractivity contribution in [2.75, 3.05) is 5.32 Å². The van der Waals surface area contributed by atoms with Crippen LogP contribution in [0.2, 0.25) is 0 Å². The maximum atomic E-state index is 14.6. The molecule has 5 nitrogen and oxygen atoms in total. The van der Waals surface area contributed by atoms with Crippen molar-refractivity contribution in [3.05, 3.63) is 71.9 Å². The van der Waals surface area contributed by atoms with Crippen LogP contribution in [0.4, 0.5) is 10.1 Å². The van der Waals surface area contributed by atoms with Crippen LogP contribution in [0.15, 0.2) is 55.0 Å². The van der Waals surface area contributed by atoms with E-state index in [-0.39, 0.29) is 5.75 Å². The van der Waals surface area contributed by atoms with Crippen LogP contribution in [-0.2, 0) is 0 Å². The van der Waals surface area contributed by atoms with Crippen LogP contribution in [0, 0.1) is 5.82 Å². The number of aromatic hydroxyl groups is 1. The van der Waals surface area contributed by atoms with Gasteiger partial charge in [-0.3, -0.25) is 0 Å². The van der Waals surface area contributed by atoms with E-state index in [9.17, 15) is 9.50 Å². The van der Waals surface area contributed by atoms with Crippen LogP contribution >= 0.6 is 0 Å². The molecule has 3 N–H and O–H groups in total. The molecule has 0 radical (unpaired) electrons. The molecule has 0 bridgehead atoms. The van der Waals surface area contributed by atoms with Gasteiger partial charge in [-0.15, -0.1) is 0 Å². The molecule has 3 heterocycles. The van der Waals surface area contributed by atoms with E-state index < -0.39 is 11.9 Å². The number of H-pyrrole nitrogens is 1. The Morgan fingerprint density at radius 1 is 1.04 bits per heavy atom. The number of nitrogens with one attached hydrogen (secondary N) is 2. The van der Waals surface area contributed by atoms with E-state index in [1.807, 2.05) is 30.5 Å². The first-order valence-electron chi connectivity index (χ1n) is 7.88. The number of rotatable bonds is 1. The minimum Gasteiger partial charge on any atom is -0.508 e. The van der Waals surface area contributed by atoms with E-state index in [0.717, 1.165) is 34.0 Å². The van der Waals surface area contributed by atoms with Crippen LogP contribution in [0.5, 0.6) is 5.75 Å². The molecule has 0 amide bonds. The number of halogens is 1. The Balaban J connectivity index is 1.85. The van der Waals surface area contributed by atoms with Crippen molar-refractivity contribution < 1.29 is 9.50 Å². The zero-order valence-corrected chi connectivity index (χ0v) is 13.0. The number of phenols is 1. The molecule has 25 heavy (non-hydrogen) atoms. The fourth-order valence-corrected chi connectivity index (χ4v) is 3.46. The molecule has 4 aromatic rings. The summed E-state index contributed by atoms with van der Waals surface area (Å²) in [5.74, 6) is -0.567. The number of benzene rings is 2. The molecule has 0 spiro atoms. The summed E-state index contributed by atoms with van der Waals surface area (Å²) in [6.07, 6.45) is 3.36. The van der Waals surface area contributed by atoms with Crippen LogP contribution in [0.25, 0.3) is 22.3 Å². The molecule has 6 heteroatoms. The number of aromatic amines is 1. The van der Waals surface area contributed by atoms with E-state index in [2.05, 4.69) is 20.3 Å². The summed E-state index contributed by atoms with van der Waals surface area (Å²) >= 11 is 0. The van der Waals surface area contributed by atoms with Crippen LogP contribution < -0.4 is 5.32 Å². The van der Waals surface area contributed by atoms with Crippen LogP contribution in [0.3, 0.4) is 0 Å². The summed E-state index contributed by atoms with van der Waals surface area (Å²) in [5.41, 5.74) is 4.65. The van der Waals surface area contributed by atoms with Gasteiger partial charge in [0.2, 0.25) is 0 Å². The lowest BCUT2D eigenvalue weighted by molar-refractivity contribution is 0.467. The lowest BCUT2D eigenvalue weighted by atomic mass is 9.98. The molecule has 0 saturated heterocycles. The van der Waals surface area contributed by atoms with Gasteiger partial charge >= 0.3 is 0 Å². The van der Waals surface area contributed by atoms with Crippen molar-refractivity contribution >= 4 is 16.7 Å². The predicted molar refractivity (Wildman–Crippen MR) is 92.9 cm³/mol. The number of hydrogen-bond donors (Lipinski definition) is 3. The first-order valence-corrected chi connectivity index (χ1v) is 7.88. The highest BCUT2D eigenvalue weighted by molar-refractivity contribution is 5.99. The van der Waals surface area contributed by atoms with Gasteiger partial charge < -0.3 is 15.4 Å². The average Bonchev–Trinajstić information content (AvgIpc) is 2.98. The number of para-hydroxylation sites is 1. The number of fused-ring (bicyclic) bond motifs is 2. The van der Waals surface area contributed by atoms with Crippen molar-refractivity contribution in [3.63, 3.8) is 0 Å². The molecular weight excluding hydrogens is 319 g/mol. The van der Waals surface area contributed by atoms with Crippen molar-refractivity contribution in [2.45, 2.75) is 6.04 Å². The minimum atomic E-state index is -0.468. The third-order valence-corrected chi connectivity index (χ3v) is 4.59. The summed E-state index contributed by atoms with van der Waals surface area (Å²) in [7, 11) is 0. The fraction of sp³-hybridized carbons (Fsp3) is 0.0526. The van der Waals surface area contributed by atoms with Gasteiger partial charge in [-0.1, -0.05) is 24.3 Å². The number of phenolic OH excluding ortho intramolecular Hbond substituents is 1. The number of hydrogen-bond acceptors (Lipinski definition) is 4. The number of aromatic nitrogens is 3. The first-order chi connectivity index (χ1) is 12.2. The molecule has 2 aromatic carbocycles. The van der Waals surface area contributed by atoms with E-state index in [1.165, 1.54) is 12.4 Å². The van der Waals surface area contributed by atoms with Crippen molar-refractivity contribution in [2.24, 2.45) is 0 Å². The van der Waals surface area contributed by atoms with Gasteiger partial charge in [0.15, 0.2) is 0 Å². The van der Waals surface area contributed by atoms with Crippen molar-refractivity contribution in [1.29, 1.82) is 0 Å². The Hall–Kier alpha value is -3.41. The highest BCUT2D eigenvalue weighted by Gasteiger charge is 2.28. The van der Waals surface area contributed by atoms with Gasteiger partial charge in [-0.2, -0.15) is 0 Å². The monoisotopic (exact) mass is 332 g/mol. The molecule has 0 aliphatic carbocycles. The second kappa shape index (κ2) is 5.04. The van der Waals surface area contributed by atoms with E-state index >= 15 is 0 Å². The summed E-state index contributed by atoms with van der Waals surface area (Å²) in [6.45, 7) is 0. The molecule has 1 aliphatic rings. The molecule has 1 aliphatic heterocycles. The average molecular weight is 332 g/mol. The quantitative estimate of drug-likeness (QED) is 0.493. The standard InChI is InChI=1S/C19H13FN4O/c20-14-7-10(25)5-6-11(14)17-13-8-21-19-16(13)18(22-9-23-19)12-3-1-2-4-15(12)24-17/h1-9,17,24-25H,(H,21,22,23). The lowest BCUT2D eigenvalue weighted by Gasteiger charge is -2.20. The van der Waals surface area contributed by atoms with Gasteiger partial charge in [-0.25, -0.2) is 14.4 Å². The topological polar surface area (TPSA) is 73.8 Å². The predicted octanol–water partition coefficient (Wildman–Crippen LogP) is 3.98. The minimum absolute atomic E-state index is 0.0989. The molecule has 1 atom stereocenters. The number of anilines is 1. The van der Waals surface area contributed by atoms with Crippen molar-refractivity contribution in [1.82, 2.24) is 15.0 Å². The molecule has 122 valence electrons. The summed E-state index contributed by atoms with van der Waals surface area (Å²) in [4.78, 5) is 11.9. The Bertz CT molecular complexity index is 1120. The summed E-state index contributed by atoms with van der Waals surface area (Å²) < 4.78 is 14.6. The van der Waals surface area contributed by atoms with Crippen LogP contribution in [0.1, 0.15) is 17.2 Å². The van der Waals surface area contributed by atoms with Gasteiger partial charge in [0.25, 0.3) is 0 Å². The second-order valence-corrected chi connectivity index (χ2v) is 6.02. The first kappa shape index (κ1) is 14.0. The Kier molecular flexibility index (Phi) is 2.82. The summed E-state index contributed by atoms with van der Waals surface area (Å²) in [6, 6.07) is 11.6. The maximum absolute atomic E-state index is 14.6. The SMILES string of the molecule is Oc1ccc(C2Nc3ccccc3-c3ncnc4[nH]cc2c34)c(F)c1. The van der Waals surface area contributed by atoms with Crippen LogP contribution in [-0.4, -0.2) is 20.1 Å². The lowest BCUT2D eigenvalue weighted by Crippen LogP contribution is -2.13. The second-order valence-electron chi connectivity index (χ2n) is 6.02. The Labute approximate surface area is 142 Å². The smallest absolute Gasteiger partial charge is 0.141 e. The zero-order valence-electron chi connectivity index (χ0n) is 13.0. The zero-order chi connectivity index (χ0) is 17.0. The Morgan fingerprint density at radius 3 is 2.80 bits per heavy atom. The highest BCUT2D eigenvalue weighted by atomic mass is 19.1.